The van der Waals surface area contributed by atoms with E-state index in [1.807, 2.05) is 0 Å². The number of aliphatic hydroxyl groups is 1. The van der Waals surface area contributed by atoms with E-state index in [0.29, 0.717) is 12.3 Å². The standard InChI is InChI=1S/C9H16N2OS/c1-6(2)8-5-13-9(11-8)3-7(10)4-12/h5-7,12H,3-4,10H2,1-2H3. The van der Waals surface area contributed by atoms with Gasteiger partial charge < -0.3 is 10.8 Å². The van der Waals surface area contributed by atoms with Crippen molar-refractivity contribution in [2.75, 3.05) is 6.61 Å². The van der Waals surface area contributed by atoms with Crippen molar-refractivity contribution in [2.24, 2.45) is 5.73 Å². The van der Waals surface area contributed by atoms with E-state index < -0.39 is 0 Å². The lowest BCUT2D eigenvalue weighted by Crippen LogP contribution is -2.26. The van der Waals surface area contributed by atoms with Crippen LogP contribution in [0.1, 0.15) is 30.5 Å². The molecule has 0 fully saturated rings. The molecule has 1 aromatic heterocycles. The van der Waals surface area contributed by atoms with Crippen LogP contribution < -0.4 is 5.73 Å². The monoisotopic (exact) mass is 200 g/mol. The van der Waals surface area contributed by atoms with Gasteiger partial charge in [-0.1, -0.05) is 13.8 Å². The Bertz CT molecular complexity index is 260. The van der Waals surface area contributed by atoms with Gasteiger partial charge in [0.15, 0.2) is 0 Å². The molecule has 0 aromatic carbocycles. The van der Waals surface area contributed by atoms with Crippen molar-refractivity contribution >= 4 is 11.3 Å². The smallest absolute Gasteiger partial charge is 0.0944 e. The van der Waals surface area contributed by atoms with Crippen molar-refractivity contribution in [2.45, 2.75) is 32.2 Å². The Kier molecular flexibility index (Phi) is 3.84. The molecule has 1 unspecified atom stereocenters. The lowest BCUT2D eigenvalue weighted by molar-refractivity contribution is 0.265. The molecule has 0 amide bonds. The minimum absolute atomic E-state index is 0.0244. The number of hydrogen-bond donors (Lipinski definition) is 2. The first-order chi connectivity index (χ1) is 6.13. The quantitative estimate of drug-likeness (QED) is 0.766. The Labute approximate surface area is 82.6 Å². The Hall–Kier alpha value is -0.450. The van der Waals surface area contributed by atoms with Crippen LogP contribution in [0.2, 0.25) is 0 Å². The van der Waals surface area contributed by atoms with E-state index in [-0.39, 0.29) is 12.6 Å². The Morgan fingerprint density at radius 3 is 2.77 bits per heavy atom. The van der Waals surface area contributed by atoms with Gasteiger partial charge >= 0.3 is 0 Å². The van der Waals surface area contributed by atoms with E-state index in [1.165, 1.54) is 0 Å². The maximum atomic E-state index is 8.76. The van der Waals surface area contributed by atoms with Gasteiger partial charge in [0, 0.05) is 17.8 Å². The Morgan fingerprint density at radius 1 is 1.62 bits per heavy atom. The third kappa shape index (κ3) is 3.06. The van der Waals surface area contributed by atoms with Crippen molar-refractivity contribution in [3.63, 3.8) is 0 Å². The lowest BCUT2D eigenvalue weighted by atomic mass is 10.2. The molecule has 0 aliphatic carbocycles. The maximum absolute atomic E-state index is 8.76. The molecular formula is C9H16N2OS. The Morgan fingerprint density at radius 2 is 2.31 bits per heavy atom. The summed E-state index contributed by atoms with van der Waals surface area (Å²) in [5.41, 5.74) is 6.72. The molecular weight excluding hydrogens is 184 g/mol. The zero-order valence-electron chi connectivity index (χ0n) is 8.03. The average molecular weight is 200 g/mol. The topological polar surface area (TPSA) is 59.1 Å². The van der Waals surface area contributed by atoms with Crippen LogP contribution in [-0.2, 0) is 6.42 Å². The molecule has 3 N–H and O–H groups in total. The number of thiazole rings is 1. The summed E-state index contributed by atoms with van der Waals surface area (Å²) >= 11 is 1.62. The highest BCUT2D eigenvalue weighted by molar-refractivity contribution is 7.09. The van der Waals surface area contributed by atoms with Crippen LogP contribution in [0.4, 0.5) is 0 Å². The summed E-state index contributed by atoms with van der Waals surface area (Å²) in [5, 5.41) is 11.8. The molecule has 0 spiro atoms. The van der Waals surface area contributed by atoms with Gasteiger partial charge in [-0.3, -0.25) is 0 Å². The molecule has 74 valence electrons. The number of nitrogens with two attached hydrogens (primary N) is 1. The van der Waals surface area contributed by atoms with E-state index in [1.54, 1.807) is 11.3 Å². The minimum Gasteiger partial charge on any atom is -0.395 e. The number of aromatic nitrogens is 1. The van der Waals surface area contributed by atoms with E-state index in [4.69, 9.17) is 10.8 Å². The lowest BCUT2D eigenvalue weighted by Gasteiger charge is -2.04. The van der Waals surface area contributed by atoms with Crippen molar-refractivity contribution in [3.8, 4) is 0 Å². The van der Waals surface area contributed by atoms with Gasteiger partial charge in [-0.15, -0.1) is 11.3 Å². The summed E-state index contributed by atoms with van der Waals surface area (Å²) in [6.45, 7) is 4.26. The highest BCUT2D eigenvalue weighted by Crippen LogP contribution is 2.18. The summed E-state index contributed by atoms with van der Waals surface area (Å²) < 4.78 is 0. The van der Waals surface area contributed by atoms with Gasteiger partial charge in [-0.05, 0) is 5.92 Å². The van der Waals surface area contributed by atoms with Gasteiger partial charge in [0.05, 0.1) is 17.3 Å². The highest BCUT2D eigenvalue weighted by Gasteiger charge is 2.08. The van der Waals surface area contributed by atoms with Crippen LogP contribution in [0, 0.1) is 0 Å². The van der Waals surface area contributed by atoms with Crippen LogP contribution in [0.3, 0.4) is 0 Å². The first-order valence-corrected chi connectivity index (χ1v) is 5.32. The molecule has 0 saturated heterocycles. The zero-order chi connectivity index (χ0) is 9.84. The molecule has 3 nitrogen and oxygen atoms in total. The number of hydrogen-bond acceptors (Lipinski definition) is 4. The fraction of sp³-hybridized carbons (Fsp3) is 0.667. The van der Waals surface area contributed by atoms with Crippen LogP contribution in [0.5, 0.6) is 0 Å². The van der Waals surface area contributed by atoms with Gasteiger partial charge in [-0.25, -0.2) is 4.98 Å². The second-order valence-electron chi connectivity index (χ2n) is 3.47. The fourth-order valence-corrected chi connectivity index (χ4v) is 2.02. The third-order valence-corrected chi connectivity index (χ3v) is 2.72. The zero-order valence-corrected chi connectivity index (χ0v) is 8.84. The number of nitrogens with zero attached hydrogens (tertiary/aromatic N) is 1. The first-order valence-electron chi connectivity index (χ1n) is 4.44. The van der Waals surface area contributed by atoms with Crippen LogP contribution in [0.15, 0.2) is 5.38 Å². The summed E-state index contributed by atoms with van der Waals surface area (Å²) in [6.07, 6.45) is 0.674. The van der Waals surface area contributed by atoms with Crippen LogP contribution in [-0.4, -0.2) is 22.7 Å². The second-order valence-corrected chi connectivity index (χ2v) is 4.41. The number of rotatable bonds is 4. The first kappa shape index (κ1) is 10.6. The summed E-state index contributed by atoms with van der Waals surface area (Å²) in [6, 6.07) is -0.175. The number of aliphatic hydroxyl groups excluding tert-OH is 1. The van der Waals surface area contributed by atoms with Crippen LogP contribution >= 0.6 is 11.3 Å². The molecule has 1 atom stereocenters. The van der Waals surface area contributed by atoms with Gasteiger partial charge in [-0.2, -0.15) is 0 Å². The molecule has 0 aliphatic rings. The Balaban J connectivity index is 2.58. The fourth-order valence-electron chi connectivity index (χ4n) is 0.973. The molecule has 0 aliphatic heterocycles. The van der Waals surface area contributed by atoms with Crippen molar-refractivity contribution in [1.82, 2.24) is 4.98 Å². The maximum Gasteiger partial charge on any atom is 0.0944 e. The molecule has 0 saturated carbocycles. The van der Waals surface area contributed by atoms with E-state index in [0.717, 1.165) is 10.7 Å². The van der Waals surface area contributed by atoms with Crippen molar-refractivity contribution < 1.29 is 5.11 Å². The molecule has 4 heteroatoms. The summed E-state index contributed by atoms with van der Waals surface area (Å²) in [7, 11) is 0. The SMILES string of the molecule is CC(C)c1csc(CC(N)CO)n1. The van der Waals surface area contributed by atoms with Gasteiger partial charge in [0.1, 0.15) is 0 Å². The van der Waals surface area contributed by atoms with Crippen molar-refractivity contribution in [1.29, 1.82) is 0 Å². The van der Waals surface area contributed by atoms with Crippen molar-refractivity contribution in [3.05, 3.63) is 16.1 Å². The molecule has 0 radical (unpaired) electrons. The molecule has 1 rings (SSSR count). The summed E-state index contributed by atoms with van der Waals surface area (Å²) in [5.74, 6) is 0.468. The third-order valence-electron chi connectivity index (χ3n) is 1.83. The highest BCUT2D eigenvalue weighted by atomic mass is 32.1. The second kappa shape index (κ2) is 4.69. The molecule has 0 bridgehead atoms. The molecule has 13 heavy (non-hydrogen) atoms. The predicted octanol–water partition coefficient (Wildman–Crippen LogP) is 1.13. The van der Waals surface area contributed by atoms with E-state index in [2.05, 4.69) is 24.2 Å². The van der Waals surface area contributed by atoms with E-state index >= 15 is 0 Å². The van der Waals surface area contributed by atoms with Gasteiger partial charge in [0.25, 0.3) is 0 Å². The van der Waals surface area contributed by atoms with Gasteiger partial charge in [0.2, 0.25) is 0 Å². The summed E-state index contributed by atoms with van der Waals surface area (Å²) in [4.78, 5) is 4.43. The minimum atomic E-state index is -0.175. The largest absolute Gasteiger partial charge is 0.395 e. The molecule has 1 heterocycles. The van der Waals surface area contributed by atoms with Crippen LogP contribution in [0.25, 0.3) is 0 Å². The normalized spacial score (nSPS) is 13.6. The average Bonchev–Trinajstić information content (AvgIpc) is 2.52. The van der Waals surface area contributed by atoms with E-state index in [9.17, 15) is 0 Å². The molecule has 1 aromatic rings. The predicted molar refractivity (Wildman–Crippen MR) is 55.0 cm³/mol.